The van der Waals surface area contributed by atoms with Gasteiger partial charge in [0.25, 0.3) is 0 Å². The second kappa shape index (κ2) is 6.98. The van der Waals surface area contributed by atoms with Crippen LogP contribution >= 0.6 is 43.2 Å². The van der Waals surface area contributed by atoms with Gasteiger partial charge in [-0.05, 0) is 37.9 Å². The number of thiophene rings is 1. The summed E-state index contributed by atoms with van der Waals surface area (Å²) in [5.41, 5.74) is 0. The summed E-state index contributed by atoms with van der Waals surface area (Å²) >= 11 is 7.33. The van der Waals surface area contributed by atoms with Gasteiger partial charge in [-0.3, -0.25) is 9.59 Å². The van der Waals surface area contributed by atoms with Gasteiger partial charge in [0, 0.05) is 0 Å². The van der Waals surface area contributed by atoms with E-state index in [1.807, 2.05) is 4.72 Å². The Bertz CT molecular complexity index is 626. The van der Waals surface area contributed by atoms with E-state index in [0.717, 1.165) is 18.4 Å². The van der Waals surface area contributed by atoms with Crippen LogP contribution in [0.2, 0.25) is 0 Å². The van der Waals surface area contributed by atoms with E-state index in [4.69, 9.17) is 5.11 Å². The minimum absolute atomic E-state index is 0.106. The highest BCUT2D eigenvalue weighted by Gasteiger charge is 2.30. The Morgan fingerprint density at radius 2 is 2.10 bits per heavy atom. The number of nitrogens with one attached hydrogen (secondary N) is 1. The zero-order chi connectivity index (χ0) is 15.5. The Balaban J connectivity index is 3.00. The van der Waals surface area contributed by atoms with E-state index in [1.165, 1.54) is 6.07 Å². The van der Waals surface area contributed by atoms with Crippen LogP contribution in [0.4, 0.5) is 0 Å². The zero-order valence-corrected chi connectivity index (χ0v) is 14.7. The summed E-state index contributed by atoms with van der Waals surface area (Å²) in [7, 11) is -2.99. The molecule has 11 heteroatoms. The molecule has 0 amide bonds. The van der Waals surface area contributed by atoms with E-state index in [1.54, 1.807) is 0 Å². The van der Waals surface area contributed by atoms with Gasteiger partial charge in [-0.15, -0.1) is 11.3 Å². The number of halogens is 2. The lowest BCUT2D eigenvalue weighted by Crippen LogP contribution is -2.42. The van der Waals surface area contributed by atoms with Gasteiger partial charge in [-0.1, -0.05) is 0 Å². The first-order valence-electron chi connectivity index (χ1n) is 4.94. The topological polar surface area (TPSA) is 110 Å². The second-order valence-electron chi connectivity index (χ2n) is 3.48. The first-order chi connectivity index (χ1) is 9.17. The maximum absolute atomic E-state index is 12.1. The molecule has 0 aliphatic carbocycles. The second-order valence-corrected chi connectivity index (χ2v) is 8.91. The number of hydrogen-bond acceptors (Lipinski definition) is 6. The Hall–Kier alpha value is -0.490. The molecule has 0 saturated carbocycles. The highest BCUT2D eigenvalue weighted by molar-refractivity contribution is 9.12. The normalized spacial score (nSPS) is 12.9. The number of rotatable bonds is 6. The van der Waals surface area contributed by atoms with Gasteiger partial charge in [0.1, 0.15) is 10.9 Å². The minimum atomic E-state index is -4.07. The van der Waals surface area contributed by atoms with Crippen LogP contribution < -0.4 is 4.72 Å². The molecule has 7 nitrogen and oxygen atoms in total. The molecule has 1 heterocycles. The lowest BCUT2D eigenvalue weighted by atomic mass is 10.2. The molecule has 0 unspecified atom stereocenters. The molecule has 1 aromatic rings. The van der Waals surface area contributed by atoms with Crippen molar-refractivity contribution in [3.8, 4) is 0 Å². The van der Waals surface area contributed by atoms with Crippen LogP contribution in [-0.2, 0) is 24.3 Å². The molecular formula is C9H9Br2NO6S2. The minimum Gasteiger partial charge on any atom is -0.480 e. The molecular weight excluding hydrogens is 442 g/mol. The summed E-state index contributed by atoms with van der Waals surface area (Å²) in [6.07, 6.45) is -0.603. The first kappa shape index (κ1) is 17.6. The van der Waals surface area contributed by atoms with Crippen LogP contribution in [0.1, 0.15) is 6.42 Å². The smallest absolute Gasteiger partial charge is 0.322 e. The first-order valence-corrected chi connectivity index (χ1v) is 8.82. The molecule has 1 atom stereocenters. The average Bonchev–Trinajstić information content (AvgIpc) is 2.67. The van der Waals surface area contributed by atoms with E-state index in [2.05, 4.69) is 36.6 Å². The van der Waals surface area contributed by atoms with Crippen molar-refractivity contribution in [1.29, 1.82) is 0 Å². The van der Waals surface area contributed by atoms with Crippen LogP contribution in [0.25, 0.3) is 0 Å². The maximum Gasteiger partial charge on any atom is 0.322 e. The number of ether oxygens (including phenoxy) is 1. The third kappa shape index (κ3) is 4.52. The molecule has 0 aliphatic rings. The Morgan fingerprint density at radius 3 is 2.50 bits per heavy atom. The Morgan fingerprint density at radius 1 is 1.50 bits per heavy atom. The monoisotopic (exact) mass is 449 g/mol. The molecule has 0 spiro atoms. The van der Waals surface area contributed by atoms with E-state index in [9.17, 15) is 18.0 Å². The number of carboxylic acid groups (broad SMARTS) is 1. The molecule has 0 fully saturated rings. The quantitative estimate of drug-likeness (QED) is 0.636. The van der Waals surface area contributed by atoms with Gasteiger partial charge >= 0.3 is 11.9 Å². The molecule has 2 N–H and O–H groups in total. The number of carbonyl (C=O) groups is 2. The van der Waals surface area contributed by atoms with Crippen molar-refractivity contribution in [2.75, 3.05) is 7.11 Å². The van der Waals surface area contributed by atoms with Crippen LogP contribution in [0.5, 0.6) is 0 Å². The largest absolute Gasteiger partial charge is 0.480 e. The maximum atomic E-state index is 12.1. The van der Waals surface area contributed by atoms with Gasteiger partial charge in [-0.2, -0.15) is 4.72 Å². The van der Waals surface area contributed by atoms with Crippen molar-refractivity contribution >= 4 is 65.2 Å². The van der Waals surface area contributed by atoms with Gasteiger partial charge in [-0.25, -0.2) is 8.42 Å². The van der Waals surface area contributed by atoms with Crippen molar-refractivity contribution < 1.29 is 27.9 Å². The van der Waals surface area contributed by atoms with Crippen molar-refractivity contribution in [1.82, 2.24) is 4.72 Å². The molecule has 20 heavy (non-hydrogen) atoms. The molecule has 1 aromatic heterocycles. The van der Waals surface area contributed by atoms with Crippen LogP contribution in [0.15, 0.2) is 18.5 Å². The molecule has 1 rings (SSSR count). The van der Waals surface area contributed by atoms with Crippen molar-refractivity contribution in [2.45, 2.75) is 17.4 Å². The summed E-state index contributed by atoms with van der Waals surface area (Å²) in [4.78, 5) is 22.0. The number of carboxylic acids is 1. The molecule has 0 bridgehead atoms. The highest BCUT2D eigenvalue weighted by atomic mass is 79.9. The van der Waals surface area contributed by atoms with Crippen molar-refractivity contribution in [3.05, 3.63) is 13.6 Å². The predicted octanol–water partition coefficient (Wildman–Crippen LogP) is 1.57. The van der Waals surface area contributed by atoms with Gasteiger partial charge in [0.15, 0.2) is 0 Å². The number of sulfonamides is 1. The molecule has 0 aromatic carbocycles. The third-order valence-electron chi connectivity index (χ3n) is 2.11. The number of carbonyl (C=O) groups excluding carboxylic acids is 1. The molecule has 0 aliphatic heterocycles. The summed E-state index contributed by atoms with van der Waals surface area (Å²) in [5.74, 6) is -2.30. The zero-order valence-electron chi connectivity index (χ0n) is 9.92. The summed E-state index contributed by atoms with van der Waals surface area (Å²) < 4.78 is 31.3. The fraction of sp³-hybridized carbons (Fsp3) is 0.333. The lowest BCUT2D eigenvalue weighted by Gasteiger charge is -2.13. The highest BCUT2D eigenvalue weighted by Crippen LogP contribution is 2.34. The Labute approximate surface area is 135 Å². The number of esters is 1. The van der Waals surface area contributed by atoms with Gasteiger partial charge in [0.05, 0.1) is 21.1 Å². The molecule has 112 valence electrons. The van der Waals surface area contributed by atoms with Crippen LogP contribution in [0.3, 0.4) is 0 Å². The van der Waals surface area contributed by atoms with Crippen molar-refractivity contribution in [2.24, 2.45) is 0 Å². The summed E-state index contributed by atoms with van der Waals surface area (Å²) in [6, 6.07) is -0.272. The summed E-state index contributed by atoms with van der Waals surface area (Å²) in [5, 5.41) is 8.95. The fourth-order valence-corrected chi connectivity index (χ4v) is 6.19. The van der Waals surface area contributed by atoms with E-state index >= 15 is 0 Å². The molecule has 0 saturated heterocycles. The van der Waals surface area contributed by atoms with E-state index < -0.39 is 34.4 Å². The van der Waals surface area contributed by atoms with E-state index in [0.29, 0.717) is 7.57 Å². The predicted molar refractivity (Wildman–Crippen MR) is 78.1 cm³/mol. The standard InChI is InChI=1S/C9H9Br2NO6S2/c1-18-7(13)2-4(9(14)15)12-20(16,17)5-3-6(10)19-8(5)11/h3-4,12H,2H2,1H3,(H,14,15)/t4-/m0/s1. The number of methoxy groups -OCH3 is 1. The average molecular weight is 451 g/mol. The van der Waals surface area contributed by atoms with Crippen LogP contribution in [-0.4, -0.2) is 38.6 Å². The van der Waals surface area contributed by atoms with E-state index in [-0.39, 0.29) is 4.90 Å². The molecule has 0 radical (unpaired) electrons. The lowest BCUT2D eigenvalue weighted by molar-refractivity contribution is -0.147. The SMILES string of the molecule is COC(=O)C[C@H](NS(=O)(=O)c1cc(Br)sc1Br)C(=O)O. The van der Waals surface area contributed by atoms with Gasteiger partial charge in [0.2, 0.25) is 10.0 Å². The third-order valence-corrected chi connectivity index (χ3v) is 6.34. The van der Waals surface area contributed by atoms with Crippen LogP contribution in [0, 0.1) is 0 Å². The fourth-order valence-electron chi connectivity index (χ4n) is 1.19. The Kier molecular flexibility index (Phi) is 6.13. The van der Waals surface area contributed by atoms with Crippen molar-refractivity contribution in [3.63, 3.8) is 0 Å². The number of aliphatic carboxylic acids is 1. The number of hydrogen-bond donors (Lipinski definition) is 2. The van der Waals surface area contributed by atoms with Gasteiger partial charge < -0.3 is 9.84 Å². The summed E-state index contributed by atoms with van der Waals surface area (Å²) in [6.45, 7) is 0.